The zero-order valence-electron chi connectivity index (χ0n) is 7.94. The largest absolute Gasteiger partial charge is 0.480 e. The molecular formula is C10H10FNO2S. The van der Waals surface area contributed by atoms with Crippen molar-refractivity contribution in [1.82, 2.24) is 0 Å². The van der Waals surface area contributed by atoms with Crippen LogP contribution in [0.1, 0.15) is 0 Å². The summed E-state index contributed by atoms with van der Waals surface area (Å²) in [5.74, 6) is -0.380. The number of carboxylic acid groups (broad SMARTS) is 1. The van der Waals surface area contributed by atoms with Crippen LogP contribution in [0.3, 0.4) is 0 Å². The van der Waals surface area contributed by atoms with Crippen molar-refractivity contribution in [2.24, 2.45) is 0 Å². The Labute approximate surface area is 90.9 Å². The number of fused-ring (bicyclic) bond motifs is 1. The zero-order chi connectivity index (χ0) is 10.8. The van der Waals surface area contributed by atoms with Crippen molar-refractivity contribution in [2.45, 2.75) is 4.90 Å². The standard InChI is InChI=1S/C10H10FNO2S/c11-7-1-2-9-8(5-7)12(3-4-15-9)6-10(13)14/h1-2,5H,3-4,6H2,(H,13,14). The van der Waals surface area contributed by atoms with E-state index in [4.69, 9.17) is 5.11 Å². The van der Waals surface area contributed by atoms with Gasteiger partial charge in [-0.25, -0.2) is 4.39 Å². The molecule has 0 bridgehead atoms. The fourth-order valence-corrected chi connectivity index (χ4v) is 2.61. The second kappa shape index (κ2) is 4.10. The minimum absolute atomic E-state index is 0.0724. The van der Waals surface area contributed by atoms with Crippen LogP contribution in [-0.4, -0.2) is 29.9 Å². The Morgan fingerprint density at radius 2 is 2.40 bits per heavy atom. The maximum absolute atomic E-state index is 13.0. The van der Waals surface area contributed by atoms with Crippen LogP contribution in [0.5, 0.6) is 0 Å². The van der Waals surface area contributed by atoms with Gasteiger partial charge in [0, 0.05) is 17.2 Å². The molecule has 0 spiro atoms. The summed E-state index contributed by atoms with van der Waals surface area (Å²) in [6.45, 7) is 0.574. The predicted molar refractivity (Wildman–Crippen MR) is 57.0 cm³/mol. The van der Waals surface area contributed by atoms with E-state index in [-0.39, 0.29) is 12.4 Å². The molecule has 1 aromatic rings. The van der Waals surface area contributed by atoms with Crippen molar-refractivity contribution in [2.75, 3.05) is 23.7 Å². The van der Waals surface area contributed by atoms with Gasteiger partial charge < -0.3 is 10.0 Å². The Bertz CT molecular complexity index is 397. The van der Waals surface area contributed by atoms with E-state index in [0.29, 0.717) is 12.2 Å². The molecule has 2 rings (SSSR count). The molecule has 0 aliphatic carbocycles. The van der Waals surface area contributed by atoms with Gasteiger partial charge >= 0.3 is 5.97 Å². The summed E-state index contributed by atoms with van der Waals surface area (Å²) in [6, 6.07) is 4.49. The topological polar surface area (TPSA) is 40.5 Å². The molecule has 1 aliphatic rings. The molecular weight excluding hydrogens is 217 g/mol. The summed E-state index contributed by atoms with van der Waals surface area (Å²) in [5.41, 5.74) is 0.689. The van der Waals surface area contributed by atoms with Crippen LogP contribution in [0.25, 0.3) is 0 Å². The molecule has 1 aliphatic heterocycles. The Morgan fingerprint density at radius 1 is 1.60 bits per heavy atom. The van der Waals surface area contributed by atoms with Gasteiger partial charge in [-0.2, -0.15) is 0 Å². The molecule has 3 nitrogen and oxygen atoms in total. The van der Waals surface area contributed by atoms with Crippen molar-refractivity contribution in [3.63, 3.8) is 0 Å². The summed E-state index contributed by atoms with van der Waals surface area (Å²) in [6.07, 6.45) is 0. The summed E-state index contributed by atoms with van der Waals surface area (Å²) in [7, 11) is 0. The van der Waals surface area contributed by atoms with Gasteiger partial charge in [0.1, 0.15) is 12.4 Å². The quantitative estimate of drug-likeness (QED) is 0.836. The lowest BCUT2D eigenvalue weighted by Gasteiger charge is -2.29. The molecule has 1 aromatic carbocycles. The average Bonchev–Trinajstić information content (AvgIpc) is 2.18. The minimum Gasteiger partial charge on any atom is -0.480 e. The number of anilines is 1. The Morgan fingerprint density at radius 3 is 3.13 bits per heavy atom. The molecule has 0 fully saturated rings. The molecule has 0 amide bonds. The number of hydrogen-bond donors (Lipinski definition) is 1. The zero-order valence-corrected chi connectivity index (χ0v) is 8.76. The Kier molecular flexibility index (Phi) is 2.81. The molecule has 15 heavy (non-hydrogen) atoms. The molecule has 0 radical (unpaired) electrons. The minimum atomic E-state index is -0.892. The lowest BCUT2D eigenvalue weighted by atomic mass is 10.2. The van der Waals surface area contributed by atoms with Crippen molar-refractivity contribution in [3.8, 4) is 0 Å². The molecule has 1 N–H and O–H groups in total. The van der Waals surface area contributed by atoms with Crippen molar-refractivity contribution in [1.29, 1.82) is 0 Å². The number of carbonyl (C=O) groups is 1. The van der Waals surface area contributed by atoms with Crippen LogP contribution in [0, 0.1) is 5.82 Å². The van der Waals surface area contributed by atoms with E-state index in [1.165, 1.54) is 12.1 Å². The van der Waals surface area contributed by atoms with Gasteiger partial charge in [-0.3, -0.25) is 4.79 Å². The average molecular weight is 227 g/mol. The van der Waals surface area contributed by atoms with Gasteiger partial charge in [-0.15, -0.1) is 11.8 Å². The van der Waals surface area contributed by atoms with Crippen LogP contribution < -0.4 is 4.90 Å². The molecule has 0 unspecified atom stereocenters. The number of halogens is 1. The van der Waals surface area contributed by atoms with Gasteiger partial charge in [-0.05, 0) is 18.2 Å². The summed E-state index contributed by atoms with van der Waals surface area (Å²) >= 11 is 1.63. The maximum Gasteiger partial charge on any atom is 0.323 e. The third-order valence-electron chi connectivity index (χ3n) is 2.21. The lowest BCUT2D eigenvalue weighted by Crippen LogP contribution is -2.34. The second-order valence-corrected chi connectivity index (χ2v) is 4.41. The SMILES string of the molecule is O=C(O)CN1CCSc2ccc(F)cc21. The fraction of sp³-hybridized carbons (Fsp3) is 0.300. The molecule has 0 aromatic heterocycles. The summed E-state index contributed by atoms with van der Waals surface area (Å²) in [4.78, 5) is 13.3. The van der Waals surface area contributed by atoms with Crippen molar-refractivity contribution in [3.05, 3.63) is 24.0 Å². The van der Waals surface area contributed by atoms with E-state index in [1.807, 2.05) is 0 Å². The fourth-order valence-electron chi connectivity index (χ4n) is 1.57. The third kappa shape index (κ3) is 2.23. The highest BCUT2D eigenvalue weighted by Crippen LogP contribution is 2.34. The van der Waals surface area contributed by atoms with Crippen molar-refractivity contribution >= 4 is 23.4 Å². The van der Waals surface area contributed by atoms with Crippen LogP contribution in [0.4, 0.5) is 10.1 Å². The van der Waals surface area contributed by atoms with E-state index in [2.05, 4.69) is 0 Å². The van der Waals surface area contributed by atoms with E-state index in [1.54, 1.807) is 22.7 Å². The van der Waals surface area contributed by atoms with Crippen LogP contribution in [0.15, 0.2) is 23.1 Å². The Hall–Kier alpha value is -1.23. The number of nitrogens with zero attached hydrogens (tertiary/aromatic N) is 1. The van der Waals surface area contributed by atoms with E-state index in [9.17, 15) is 9.18 Å². The van der Waals surface area contributed by atoms with Crippen LogP contribution >= 0.6 is 11.8 Å². The normalized spacial score (nSPS) is 14.9. The predicted octanol–water partition coefficient (Wildman–Crippen LogP) is 1.82. The summed E-state index contributed by atoms with van der Waals surface area (Å²) < 4.78 is 13.0. The second-order valence-electron chi connectivity index (χ2n) is 3.28. The van der Waals surface area contributed by atoms with Crippen molar-refractivity contribution < 1.29 is 14.3 Å². The number of carboxylic acids is 1. The van der Waals surface area contributed by atoms with Gasteiger partial charge in [-0.1, -0.05) is 0 Å². The first kappa shape index (κ1) is 10.3. The number of hydrogen-bond acceptors (Lipinski definition) is 3. The highest BCUT2D eigenvalue weighted by Gasteiger charge is 2.19. The molecule has 80 valence electrons. The molecule has 0 saturated carbocycles. The van der Waals surface area contributed by atoms with Gasteiger partial charge in [0.2, 0.25) is 0 Å². The van der Waals surface area contributed by atoms with Gasteiger partial charge in [0.25, 0.3) is 0 Å². The number of aliphatic carboxylic acids is 1. The van der Waals surface area contributed by atoms with Crippen LogP contribution in [-0.2, 0) is 4.79 Å². The van der Waals surface area contributed by atoms with E-state index < -0.39 is 5.97 Å². The maximum atomic E-state index is 13.0. The third-order valence-corrected chi connectivity index (χ3v) is 3.25. The van der Waals surface area contributed by atoms with Gasteiger partial charge in [0.15, 0.2) is 0 Å². The highest BCUT2D eigenvalue weighted by molar-refractivity contribution is 7.99. The molecule has 0 atom stereocenters. The van der Waals surface area contributed by atoms with Crippen LogP contribution in [0.2, 0.25) is 0 Å². The van der Waals surface area contributed by atoms with E-state index >= 15 is 0 Å². The molecule has 5 heteroatoms. The number of benzene rings is 1. The molecule has 1 heterocycles. The Balaban J connectivity index is 2.32. The summed E-state index contributed by atoms with van der Waals surface area (Å²) in [5, 5.41) is 8.72. The lowest BCUT2D eigenvalue weighted by molar-refractivity contribution is -0.135. The molecule has 0 saturated heterocycles. The smallest absolute Gasteiger partial charge is 0.323 e. The number of rotatable bonds is 2. The number of thioether (sulfide) groups is 1. The first-order valence-electron chi connectivity index (χ1n) is 4.56. The van der Waals surface area contributed by atoms with Gasteiger partial charge in [0.05, 0.1) is 5.69 Å². The first-order valence-corrected chi connectivity index (χ1v) is 5.54. The first-order chi connectivity index (χ1) is 7.16. The van der Waals surface area contributed by atoms with E-state index in [0.717, 1.165) is 10.6 Å². The highest BCUT2D eigenvalue weighted by atomic mass is 32.2. The monoisotopic (exact) mass is 227 g/mol.